The first-order chi connectivity index (χ1) is 16.2. The van der Waals surface area contributed by atoms with Gasteiger partial charge in [-0.15, -0.1) is 0 Å². The van der Waals surface area contributed by atoms with Crippen molar-refractivity contribution in [2.45, 2.75) is 64.3 Å². The molecule has 182 valence electrons. The summed E-state index contributed by atoms with van der Waals surface area (Å²) in [6, 6.07) is 11.5. The van der Waals surface area contributed by atoms with Crippen LogP contribution in [0.1, 0.15) is 54.8 Å². The van der Waals surface area contributed by atoms with Crippen LogP contribution in [-0.4, -0.2) is 49.1 Å². The van der Waals surface area contributed by atoms with E-state index >= 15 is 0 Å². The standard InChI is InChI=1S/C27H32O7/c1-16-12-20-18-9-7-10-19(14-18)24-25(34-27(3,4)33-24)21(28)11-6-8-17(2)32-26(29)23(20)22(13-16)31-15-30-5/h6-7,9-14,17,21,24-25,28H,8,15H2,1-5H3/b11-6-/t17-,21?,24+,25+/m0/s1. The minimum Gasteiger partial charge on any atom is -0.467 e. The Balaban J connectivity index is 1.89. The fourth-order valence-electron chi connectivity index (χ4n) is 4.42. The molecule has 0 saturated carbocycles. The second kappa shape index (κ2) is 9.88. The van der Waals surface area contributed by atoms with Gasteiger partial charge in [0, 0.05) is 19.1 Å². The van der Waals surface area contributed by atoms with E-state index in [9.17, 15) is 9.90 Å². The summed E-state index contributed by atoms with van der Waals surface area (Å²) in [7, 11) is 1.53. The second-order valence-electron chi connectivity index (χ2n) is 9.25. The number of aliphatic hydroxyl groups is 1. The number of rotatable bonds is 3. The molecule has 4 atom stereocenters. The van der Waals surface area contributed by atoms with Crippen molar-refractivity contribution < 1.29 is 33.6 Å². The van der Waals surface area contributed by atoms with Crippen molar-refractivity contribution in [1.29, 1.82) is 0 Å². The van der Waals surface area contributed by atoms with E-state index < -0.39 is 36.2 Å². The quantitative estimate of drug-likeness (QED) is 0.397. The second-order valence-corrected chi connectivity index (χ2v) is 9.25. The van der Waals surface area contributed by atoms with Crippen LogP contribution in [0.5, 0.6) is 5.75 Å². The Labute approximate surface area is 200 Å². The third-order valence-electron chi connectivity index (χ3n) is 5.88. The van der Waals surface area contributed by atoms with Crippen molar-refractivity contribution in [3.8, 4) is 16.9 Å². The number of aliphatic hydroxyl groups excluding tert-OH is 1. The number of benzene rings is 2. The number of fused-ring (bicyclic) bond motifs is 6. The molecule has 7 heteroatoms. The maximum Gasteiger partial charge on any atom is 0.342 e. The lowest BCUT2D eigenvalue weighted by Crippen LogP contribution is -2.30. The highest BCUT2D eigenvalue weighted by Gasteiger charge is 2.45. The van der Waals surface area contributed by atoms with Gasteiger partial charge in [-0.1, -0.05) is 36.4 Å². The van der Waals surface area contributed by atoms with Crippen LogP contribution in [0.2, 0.25) is 0 Å². The summed E-state index contributed by atoms with van der Waals surface area (Å²) in [6.07, 6.45) is 1.54. The van der Waals surface area contributed by atoms with Gasteiger partial charge in [0.1, 0.15) is 35.7 Å². The number of hydrogen-bond acceptors (Lipinski definition) is 7. The molecule has 34 heavy (non-hydrogen) atoms. The molecule has 0 aromatic heterocycles. The summed E-state index contributed by atoms with van der Waals surface area (Å²) in [5.41, 5.74) is 3.60. The molecule has 4 rings (SSSR count). The van der Waals surface area contributed by atoms with Gasteiger partial charge in [-0.25, -0.2) is 4.79 Å². The molecular formula is C27H32O7. The van der Waals surface area contributed by atoms with E-state index in [0.29, 0.717) is 23.3 Å². The van der Waals surface area contributed by atoms with Crippen LogP contribution in [0.4, 0.5) is 0 Å². The number of esters is 1. The molecule has 1 unspecified atom stereocenters. The SMILES string of the molecule is COCOc1cc(C)cc2c1C(=O)O[C@@H](C)C/C=C\C(O)[C@H]1OC(C)(C)O[C@@H]1c1cccc-2c1. The molecule has 1 saturated heterocycles. The molecule has 2 aromatic carbocycles. The molecule has 0 radical (unpaired) electrons. The van der Waals surface area contributed by atoms with Crippen LogP contribution in [0.15, 0.2) is 48.6 Å². The third kappa shape index (κ3) is 5.18. The van der Waals surface area contributed by atoms with Crippen LogP contribution >= 0.6 is 0 Å². The molecule has 2 bridgehead atoms. The summed E-state index contributed by atoms with van der Waals surface area (Å²) in [5, 5.41) is 10.9. The number of cyclic esters (lactones) is 1. The summed E-state index contributed by atoms with van der Waals surface area (Å²) < 4.78 is 28.9. The lowest BCUT2D eigenvalue weighted by Gasteiger charge is -2.22. The highest BCUT2D eigenvalue weighted by molar-refractivity contribution is 6.00. The average molecular weight is 469 g/mol. The normalized spacial score (nSPS) is 27.2. The highest BCUT2D eigenvalue weighted by Crippen LogP contribution is 2.42. The van der Waals surface area contributed by atoms with Gasteiger partial charge in [-0.05, 0) is 56.5 Å². The van der Waals surface area contributed by atoms with E-state index in [1.165, 1.54) is 7.11 Å². The van der Waals surface area contributed by atoms with Crippen molar-refractivity contribution in [3.63, 3.8) is 0 Å². The zero-order valence-electron chi connectivity index (χ0n) is 20.2. The molecular weight excluding hydrogens is 436 g/mol. The Hall–Kier alpha value is -2.71. The molecule has 0 spiro atoms. The Morgan fingerprint density at radius 1 is 1.18 bits per heavy atom. The van der Waals surface area contributed by atoms with Gasteiger partial charge in [0.15, 0.2) is 12.6 Å². The number of hydrogen-bond donors (Lipinski definition) is 1. The topological polar surface area (TPSA) is 83.5 Å². The Bertz CT molecular complexity index is 1070. The smallest absolute Gasteiger partial charge is 0.342 e. The van der Waals surface area contributed by atoms with Crippen LogP contribution in [0, 0.1) is 6.92 Å². The molecule has 1 N–H and O–H groups in total. The fourth-order valence-corrected chi connectivity index (χ4v) is 4.42. The fraction of sp³-hybridized carbons (Fsp3) is 0.444. The van der Waals surface area contributed by atoms with Gasteiger partial charge in [-0.3, -0.25) is 0 Å². The monoisotopic (exact) mass is 468 g/mol. The van der Waals surface area contributed by atoms with Gasteiger partial charge >= 0.3 is 5.97 Å². The molecule has 2 heterocycles. The first-order valence-electron chi connectivity index (χ1n) is 11.5. The predicted molar refractivity (Wildman–Crippen MR) is 127 cm³/mol. The molecule has 2 aromatic rings. The van der Waals surface area contributed by atoms with E-state index in [-0.39, 0.29) is 6.79 Å². The Morgan fingerprint density at radius 3 is 2.74 bits per heavy atom. The highest BCUT2D eigenvalue weighted by atomic mass is 16.8. The van der Waals surface area contributed by atoms with Crippen molar-refractivity contribution in [1.82, 2.24) is 0 Å². The van der Waals surface area contributed by atoms with Gasteiger partial charge < -0.3 is 28.8 Å². The third-order valence-corrected chi connectivity index (χ3v) is 5.88. The van der Waals surface area contributed by atoms with Crippen molar-refractivity contribution in [2.24, 2.45) is 0 Å². The van der Waals surface area contributed by atoms with Gasteiger partial charge in [0.2, 0.25) is 0 Å². The lowest BCUT2D eigenvalue weighted by molar-refractivity contribution is -0.153. The zero-order chi connectivity index (χ0) is 24.5. The molecule has 2 aliphatic heterocycles. The molecule has 0 amide bonds. The van der Waals surface area contributed by atoms with Crippen LogP contribution in [0.25, 0.3) is 11.1 Å². The minimum atomic E-state index is -0.884. The predicted octanol–water partition coefficient (Wildman–Crippen LogP) is 4.70. The van der Waals surface area contributed by atoms with Gasteiger partial charge in [0.25, 0.3) is 0 Å². The van der Waals surface area contributed by atoms with Crippen LogP contribution in [-0.2, 0) is 18.9 Å². The molecule has 7 nitrogen and oxygen atoms in total. The Kier molecular flexibility index (Phi) is 7.09. The number of ether oxygens (including phenoxy) is 5. The van der Waals surface area contributed by atoms with Gasteiger partial charge in [-0.2, -0.15) is 0 Å². The largest absolute Gasteiger partial charge is 0.467 e. The maximum atomic E-state index is 13.3. The lowest BCUT2D eigenvalue weighted by atomic mass is 9.92. The first-order valence-corrected chi connectivity index (χ1v) is 11.5. The summed E-state index contributed by atoms with van der Waals surface area (Å²) in [6.45, 7) is 7.42. The number of aryl methyl sites for hydroxylation is 1. The van der Waals surface area contributed by atoms with Crippen molar-refractivity contribution in [2.75, 3.05) is 13.9 Å². The zero-order valence-corrected chi connectivity index (χ0v) is 20.2. The molecule has 0 aliphatic carbocycles. The minimum absolute atomic E-state index is 0.00338. The van der Waals surface area contributed by atoms with Gasteiger partial charge in [0.05, 0.1) is 0 Å². The van der Waals surface area contributed by atoms with E-state index in [2.05, 4.69) is 0 Å². The van der Waals surface area contributed by atoms with Crippen LogP contribution < -0.4 is 4.74 Å². The Morgan fingerprint density at radius 2 is 1.97 bits per heavy atom. The van der Waals surface area contributed by atoms with E-state index in [1.807, 2.05) is 58.0 Å². The first kappa shape index (κ1) is 24.4. The van der Waals surface area contributed by atoms with E-state index in [4.69, 9.17) is 23.7 Å². The van der Waals surface area contributed by atoms with Crippen molar-refractivity contribution in [3.05, 3.63) is 65.2 Å². The number of carbonyl (C=O) groups is 1. The molecule has 2 aliphatic rings. The maximum absolute atomic E-state index is 13.3. The number of methoxy groups -OCH3 is 1. The number of carbonyl (C=O) groups excluding carboxylic acids is 1. The summed E-state index contributed by atoms with van der Waals surface area (Å²) in [5.74, 6) is -0.933. The van der Waals surface area contributed by atoms with E-state index in [0.717, 1.165) is 16.7 Å². The summed E-state index contributed by atoms with van der Waals surface area (Å²) in [4.78, 5) is 13.3. The van der Waals surface area contributed by atoms with Crippen LogP contribution in [0.3, 0.4) is 0 Å². The average Bonchev–Trinajstić information content (AvgIpc) is 3.12. The summed E-state index contributed by atoms with van der Waals surface area (Å²) >= 11 is 0. The molecule has 1 fully saturated rings. The van der Waals surface area contributed by atoms with Crippen molar-refractivity contribution >= 4 is 5.97 Å². The van der Waals surface area contributed by atoms with E-state index in [1.54, 1.807) is 18.2 Å².